The summed E-state index contributed by atoms with van der Waals surface area (Å²) in [7, 11) is 0. The largest absolute Gasteiger partial charge is 0.366 e. The van der Waals surface area contributed by atoms with E-state index in [1.165, 1.54) is 12.8 Å². The fraction of sp³-hybridized carbons (Fsp3) is 0.611. The first-order valence-electron chi connectivity index (χ1n) is 8.94. The monoisotopic (exact) mass is 331 g/mol. The first kappa shape index (κ1) is 16.7. The van der Waals surface area contributed by atoms with Crippen LogP contribution in [0.15, 0.2) is 24.3 Å². The van der Waals surface area contributed by atoms with Gasteiger partial charge in [0.2, 0.25) is 5.91 Å². The smallest absolute Gasteiger partial charge is 0.292 e. The number of nitro groups is 1. The number of nitrogens with zero attached hydrogens (tertiary/aromatic N) is 3. The summed E-state index contributed by atoms with van der Waals surface area (Å²) in [5.74, 6) is 0.362. The number of carbonyl (C=O) groups excluding carboxylic acids is 1. The van der Waals surface area contributed by atoms with Crippen molar-refractivity contribution >= 4 is 17.3 Å². The Labute approximate surface area is 142 Å². The minimum absolute atomic E-state index is 0.0714. The molecule has 0 aliphatic carbocycles. The standard InChI is InChI=1S/C18H25N3O3/c22-18(20-11-5-1-2-6-12-20)15-9-13-19(14-10-15)16-7-3-4-8-17(16)21(23)24/h3-4,7-8,15H,1-2,5-6,9-14H2. The number of hydrogen-bond acceptors (Lipinski definition) is 4. The van der Waals surface area contributed by atoms with Crippen LogP contribution in [0.25, 0.3) is 0 Å². The predicted molar refractivity (Wildman–Crippen MR) is 93.1 cm³/mol. The van der Waals surface area contributed by atoms with Crippen LogP contribution in [0, 0.1) is 16.0 Å². The highest BCUT2D eigenvalue weighted by molar-refractivity contribution is 5.79. The lowest BCUT2D eigenvalue weighted by molar-refractivity contribution is -0.384. The topological polar surface area (TPSA) is 66.7 Å². The van der Waals surface area contributed by atoms with Gasteiger partial charge in [-0.25, -0.2) is 0 Å². The van der Waals surface area contributed by atoms with Gasteiger partial charge >= 0.3 is 0 Å². The zero-order chi connectivity index (χ0) is 16.9. The summed E-state index contributed by atoms with van der Waals surface area (Å²) in [5, 5.41) is 11.2. The molecule has 2 aliphatic rings. The molecule has 0 radical (unpaired) electrons. The number of para-hydroxylation sites is 2. The van der Waals surface area contributed by atoms with Crippen LogP contribution < -0.4 is 4.90 Å². The molecular weight excluding hydrogens is 306 g/mol. The second-order valence-corrected chi connectivity index (χ2v) is 6.75. The summed E-state index contributed by atoms with van der Waals surface area (Å²) >= 11 is 0. The molecule has 0 aromatic heterocycles. The summed E-state index contributed by atoms with van der Waals surface area (Å²) in [6.45, 7) is 3.19. The first-order valence-corrected chi connectivity index (χ1v) is 8.94. The Balaban J connectivity index is 1.61. The van der Waals surface area contributed by atoms with Crippen LogP contribution in [0.1, 0.15) is 38.5 Å². The van der Waals surface area contributed by atoms with Crippen molar-refractivity contribution in [3.05, 3.63) is 34.4 Å². The van der Waals surface area contributed by atoms with Crippen LogP contribution >= 0.6 is 0 Å². The van der Waals surface area contributed by atoms with Crippen molar-refractivity contribution in [2.75, 3.05) is 31.1 Å². The van der Waals surface area contributed by atoms with Crippen molar-refractivity contribution in [2.45, 2.75) is 38.5 Å². The second kappa shape index (κ2) is 7.64. The molecule has 1 aromatic carbocycles. The van der Waals surface area contributed by atoms with Gasteiger partial charge in [0.25, 0.3) is 5.69 Å². The summed E-state index contributed by atoms with van der Waals surface area (Å²) in [6.07, 6.45) is 6.23. The van der Waals surface area contributed by atoms with E-state index in [1.807, 2.05) is 15.9 Å². The molecule has 2 aliphatic heterocycles. The third-order valence-corrected chi connectivity index (χ3v) is 5.18. The molecule has 2 saturated heterocycles. The summed E-state index contributed by atoms with van der Waals surface area (Å²) in [4.78, 5) is 27.7. The van der Waals surface area contributed by atoms with Gasteiger partial charge in [-0.1, -0.05) is 25.0 Å². The average Bonchev–Trinajstić information content (AvgIpc) is 2.90. The van der Waals surface area contributed by atoms with Crippen LogP contribution in [-0.2, 0) is 4.79 Å². The van der Waals surface area contributed by atoms with Crippen LogP contribution in [0.2, 0.25) is 0 Å². The first-order chi connectivity index (χ1) is 11.7. The molecule has 3 rings (SSSR count). The van der Waals surface area contributed by atoms with E-state index in [0.717, 1.165) is 38.8 Å². The van der Waals surface area contributed by atoms with E-state index in [-0.39, 0.29) is 16.5 Å². The maximum Gasteiger partial charge on any atom is 0.292 e. The van der Waals surface area contributed by atoms with Gasteiger partial charge in [-0.3, -0.25) is 14.9 Å². The van der Waals surface area contributed by atoms with Gasteiger partial charge in [0, 0.05) is 38.2 Å². The molecule has 2 fully saturated rings. The van der Waals surface area contributed by atoms with Gasteiger partial charge in [0.05, 0.1) is 4.92 Å². The van der Waals surface area contributed by atoms with E-state index >= 15 is 0 Å². The number of rotatable bonds is 3. The summed E-state index contributed by atoms with van der Waals surface area (Å²) in [5.41, 5.74) is 0.818. The Morgan fingerprint density at radius 2 is 1.62 bits per heavy atom. The van der Waals surface area contributed by atoms with Crippen LogP contribution in [-0.4, -0.2) is 41.9 Å². The Kier molecular flexibility index (Phi) is 5.33. The van der Waals surface area contributed by atoms with E-state index < -0.39 is 0 Å². The lowest BCUT2D eigenvalue weighted by atomic mass is 9.94. The quantitative estimate of drug-likeness (QED) is 0.630. The molecule has 0 atom stereocenters. The van der Waals surface area contributed by atoms with Crippen molar-refractivity contribution in [1.82, 2.24) is 4.90 Å². The van der Waals surface area contributed by atoms with E-state index in [4.69, 9.17) is 0 Å². The second-order valence-electron chi connectivity index (χ2n) is 6.75. The van der Waals surface area contributed by atoms with Gasteiger partial charge in [0.15, 0.2) is 0 Å². The molecule has 6 nitrogen and oxygen atoms in total. The molecule has 24 heavy (non-hydrogen) atoms. The highest BCUT2D eigenvalue weighted by Crippen LogP contribution is 2.31. The third kappa shape index (κ3) is 3.68. The van der Waals surface area contributed by atoms with Crippen molar-refractivity contribution in [2.24, 2.45) is 5.92 Å². The molecule has 130 valence electrons. The number of piperidine rings is 1. The number of likely N-dealkylation sites (tertiary alicyclic amines) is 1. The fourth-order valence-electron chi connectivity index (χ4n) is 3.80. The van der Waals surface area contributed by atoms with E-state index in [9.17, 15) is 14.9 Å². The Bertz CT molecular complexity index is 589. The molecule has 2 heterocycles. The van der Waals surface area contributed by atoms with Crippen LogP contribution in [0.5, 0.6) is 0 Å². The van der Waals surface area contributed by atoms with Gasteiger partial charge < -0.3 is 9.80 Å². The average molecular weight is 331 g/mol. The van der Waals surface area contributed by atoms with Crippen molar-refractivity contribution < 1.29 is 9.72 Å². The number of amides is 1. The Morgan fingerprint density at radius 3 is 2.25 bits per heavy atom. The van der Waals surface area contributed by atoms with Crippen LogP contribution in [0.4, 0.5) is 11.4 Å². The number of carbonyl (C=O) groups is 1. The van der Waals surface area contributed by atoms with Gasteiger partial charge in [0.1, 0.15) is 5.69 Å². The number of benzene rings is 1. The summed E-state index contributed by atoms with van der Waals surface area (Å²) in [6, 6.07) is 6.87. The fourth-order valence-corrected chi connectivity index (χ4v) is 3.80. The lowest BCUT2D eigenvalue weighted by Gasteiger charge is -2.35. The molecule has 6 heteroatoms. The highest BCUT2D eigenvalue weighted by atomic mass is 16.6. The molecule has 0 spiro atoms. The van der Waals surface area contributed by atoms with E-state index in [1.54, 1.807) is 18.2 Å². The molecule has 0 unspecified atom stereocenters. The number of nitro benzene ring substituents is 1. The van der Waals surface area contributed by atoms with Gasteiger partial charge in [-0.2, -0.15) is 0 Å². The number of hydrogen-bond donors (Lipinski definition) is 0. The van der Waals surface area contributed by atoms with Crippen LogP contribution in [0.3, 0.4) is 0 Å². The van der Waals surface area contributed by atoms with Gasteiger partial charge in [-0.15, -0.1) is 0 Å². The molecular formula is C18H25N3O3. The Morgan fingerprint density at radius 1 is 1.00 bits per heavy atom. The predicted octanol–water partition coefficient (Wildman–Crippen LogP) is 3.21. The molecule has 1 amide bonds. The van der Waals surface area contributed by atoms with Crippen molar-refractivity contribution in [1.29, 1.82) is 0 Å². The lowest BCUT2D eigenvalue weighted by Crippen LogP contribution is -2.43. The maximum absolute atomic E-state index is 12.7. The van der Waals surface area contributed by atoms with E-state index in [0.29, 0.717) is 24.7 Å². The zero-order valence-corrected chi connectivity index (χ0v) is 14.0. The van der Waals surface area contributed by atoms with Crippen molar-refractivity contribution in [3.63, 3.8) is 0 Å². The SMILES string of the molecule is O=C(C1CCN(c2ccccc2[N+](=O)[O-])CC1)N1CCCCCC1. The molecule has 0 bridgehead atoms. The minimum atomic E-state index is -0.330. The highest BCUT2D eigenvalue weighted by Gasteiger charge is 2.30. The van der Waals surface area contributed by atoms with Crippen molar-refractivity contribution in [3.8, 4) is 0 Å². The minimum Gasteiger partial charge on any atom is -0.366 e. The molecule has 0 saturated carbocycles. The molecule has 1 aromatic rings. The molecule has 0 N–H and O–H groups in total. The Hall–Kier alpha value is -2.11. The van der Waals surface area contributed by atoms with Gasteiger partial charge in [-0.05, 0) is 31.7 Å². The maximum atomic E-state index is 12.7. The van der Waals surface area contributed by atoms with E-state index in [2.05, 4.69) is 0 Å². The summed E-state index contributed by atoms with van der Waals surface area (Å²) < 4.78 is 0. The number of anilines is 1. The normalized spacial score (nSPS) is 19.8. The zero-order valence-electron chi connectivity index (χ0n) is 14.0. The third-order valence-electron chi connectivity index (χ3n) is 5.18.